The van der Waals surface area contributed by atoms with Gasteiger partial charge in [0.05, 0.1) is 6.61 Å². The van der Waals surface area contributed by atoms with Gasteiger partial charge < -0.3 is 5.32 Å². The lowest BCUT2D eigenvalue weighted by molar-refractivity contribution is -0.323. The van der Waals surface area contributed by atoms with Gasteiger partial charge in [0.25, 0.3) is 0 Å². The molecule has 0 bridgehead atoms. The number of rotatable bonds is 7. The van der Waals surface area contributed by atoms with Crippen LogP contribution in [0.15, 0.2) is 0 Å². The van der Waals surface area contributed by atoms with E-state index in [1.807, 2.05) is 6.26 Å². The van der Waals surface area contributed by atoms with Crippen LogP contribution in [0.25, 0.3) is 0 Å². The largest absolute Gasteiger partial charge is 0.522 e. The lowest BCUT2D eigenvalue weighted by Crippen LogP contribution is -2.26. The highest BCUT2D eigenvalue weighted by Crippen LogP contribution is 2.15. The van der Waals surface area contributed by atoms with E-state index < -0.39 is 6.36 Å². The standard InChI is InChI=1S/C8H16F3NOS/c1-7(14-2)3-4-12-5-6-13-8(9,10)11/h7,12H,3-6H2,1-2H3. The summed E-state index contributed by atoms with van der Waals surface area (Å²) < 4.78 is 38.1. The fourth-order valence-corrected chi connectivity index (χ4v) is 1.14. The number of hydrogen-bond donors (Lipinski definition) is 1. The number of hydrogen-bond acceptors (Lipinski definition) is 3. The van der Waals surface area contributed by atoms with E-state index in [-0.39, 0.29) is 13.2 Å². The lowest BCUT2D eigenvalue weighted by atomic mass is 10.3. The normalized spacial score (nSPS) is 14.4. The van der Waals surface area contributed by atoms with Crippen LogP contribution in [-0.2, 0) is 4.74 Å². The highest BCUT2D eigenvalue weighted by molar-refractivity contribution is 7.99. The minimum absolute atomic E-state index is 0.237. The fraction of sp³-hybridized carbons (Fsp3) is 1.00. The third-order valence-electron chi connectivity index (χ3n) is 1.67. The lowest BCUT2D eigenvalue weighted by Gasteiger charge is -2.10. The summed E-state index contributed by atoms with van der Waals surface area (Å²) in [5.74, 6) is 0. The predicted molar refractivity (Wildman–Crippen MR) is 52.5 cm³/mol. The fourth-order valence-electron chi connectivity index (χ4n) is 0.787. The van der Waals surface area contributed by atoms with Gasteiger partial charge in [0, 0.05) is 11.8 Å². The zero-order valence-electron chi connectivity index (χ0n) is 8.36. The maximum absolute atomic E-state index is 11.5. The molecule has 0 radical (unpaired) electrons. The molecule has 2 nitrogen and oxygen atoms in total. The van der Waals surface area contributed by atoms with Gasteiger partial charge in [0.15, 0.2) is 0 Å². The second kappa shape index (κ2) is 7.36. The second-order valence-electron chi connectivity index (χ2n) is 2.88. The van der Waals surface area contributed by atoms with E-state index >= 15 is 0 Å². The molecule has 0 rings (SSSR count). The Hall–Kier alpha value is 0.0600. The van der Waals surface area contributed by atoms with Crippen molar-refractivity contribution < 1.29 is 17.9 Å². The Labute approximate surface area is 86.6 Å². The van der Waals surface area contributed by atoms with Crippen molar-refractivity contribution in [3.05, 3.63) is 0 Å². The molecule has 0 aliphatic heterocycles. The maximum Gasteiger partial charge on any atom is 0.522 e. The predicted octanol–water partition coefficient (Wildman–Crippen LogP) is 2.25. The van der Waals surface area contributed by atoms with Gasteiger partial charge in [-0.1, -0.05) is 6.92 Å². The van der Waals surface area contributed by atoms with Gasteiger partial charge in [0.2, 0.25) is 0 Å². The Bertz CT molecular complexity index is 143. The first-order chi connectivity index (χ1) is 6.45. The summed E-state index contributed by atoms with van der Waals surface area (Å²) in [7, 11) is 0. The summed E-state index contributed by atoms with van der Waals surface area (Å²) in [5, 5.41) is 3.42. The van der Waals surface area contributed by atoms with Crippen molar-refractivity contribution in [1.29, 1.82) is 0 Å². The summed E-state index contributed by atoms with van der Waals surface area (Å²) in [6, 6.07) is 0. The van der Waals surface area contributed by atoms with E-state index in [0.29, 0.717) is 5.25 Å². The van der Waals surface area contributed by atoms with Crippen LogP contribution in [0, 0.1) is 0 Å². The minimum atomic E-state index is -4.51. The molecule has 0 aliphatic carbocycles. The zero-order valence-corrected chi connectivity index (χ0v) is 9.17. The maximum atomic E-state index is 11.5. The van der Waals surface area contributed by atoms with Crippen molar-refractivity contribution in [1.82, 2.24) is 5.32 Å². The van der Waals surface area contributed by atoms with E-state index in [2.05, 4.69) is 17.0 Å². The monoisotopic (exact) mass is 231 g/mol. The number of ether oxygens (including phenoxy) is 1. The Morgan fingerprint density at radius 1 is 1.36 bits per heavy atom. The molecule has 1 atom stereocenters. The average molecular weight is 231 g/mol. The number of alkyl halides is 3. The molecule has 86 valence electrons. The van der Waals surface area contributed by atoms with E-state index in [9.17, 15) is 13.2 Å². The highest BCUT2D eigenvalue weighted by Gasteiger charge is 2.28. The van der Waals surface area contributed by atoms with Crippen molar-refractivity contribution in [2.75, 3.05) is 26.0 Å². The quantitative estimate of drug-likeness (QED) is 0.679. The molecule has 0 saturated carbocycles. The van der Waals surface area contributed by atoms with Crippen LogP contribution in [0.2, 0.25) is 0 Å². The van der Waals surface area contributed by atoms with Gasteiger partial charge in [-0.2, -0.15) is 11.8 Å². The first-order valence-corrected chi connectivity index (χ1v) is 5.68. The SMILES string of the molecule is CSC(C)CCNCCOC(F)(F)F. The van der Waals surface area contributed by atoms with Crippen LogP contribution >= 0.6 is 11.8 Å². The molecular formula is C8H16F3NOS. The van der Waals surface area contributed by atoms with Crippen LogP contribution in [0.3, 0.4) is 0 Å². The first-order valence-electron chi connectivity index (χ1n) is 4.40. The van der Waals surface area contributed by atoms with E-state index in [0.717, 1.165) is 13.0 Å². The Morgan fingerprint density at radius 2 is 2.00 bits per heavy atom. The van der Waals surface area contributed by atoms with Gasteiger partial charge in [-0.15, -0.1) is 13.2 Å². The molecule has 6 heteroatoms. The molecule has 0 aromatic rings. The summed E-state index contributed by atoms with van der Waals surface area (Å²) in [6.45, 7) is 2.72. The Morgan fingerprint density at radius 3 is 2.50 bits per heavy atom. The van der Waals surface area contributed by atoms with Crippen molar-refractivity contribution in [2.24, 2.45) is 0 Å². The summed E-state index contributed by atoms with van der Waals surface area (Å²) >= 11 is 1.74. The van der Waals surface area contributed by atoms with Crippen LogP contribution in [0.4, 0.5) is 13.2 Å². The molecule has 1 unspecified atom stereocenters. The molecule has 14 heavy (non-hydrogen) atoms. The van der Waals surface area contributed by atoms with Gasteiger partial charge in [-0.25, -0.2) is 0 Å². The van der Waals surface area contributed by atoms with Crippen LogP contribution in [0.5, 0.6) is 0 Å². The molecular weight excluding hydrogens is 215 g/mol. The number of halogens is 3. The molecule has 0 amide bonds. The summed E-state index contributed by atoms with van der Waals surface area (Å²) in [6.07, 6.45) is -1.54. The third-order valence-corrected chi connectivity index (χ3v) is 2.72. The van der Waals surface area contributed by atoms with E-state index in [4.69, 9.17) is 0 Å². The summed E-state index contributed by atoms with van der Waals surface area (Å²) in [4.78, 5) is 0. The second-order valence-corrected chi connectivity index (χ2v) is 4.16. The number of thioether (sulfide) groups is 1. The topological polar surface area (TPSA) is 21.3 Å². The zero-order chi connectivity index (χ0) is 11.0. The molecule has 1 N–H and O–H groups in total. The van der Waals surface area contributed by atoms with Gasteiger partial charge in [-0.3, -0.25) is 4.74 Å². The third kappa shape index (κ3) is 10.1. The van der Waals surface area contributed by atoms with Crippen LogP contribution in [-0.4, -0.2) is 37.6 Å². The molecule has 0 aromatic carbocycles. The van der Waals surface area contributed by atoms with E-state index in [1.54, 1.807) is 11.8 Å². The summed E-state index contributed by atoms with van der Waals surface area (Å²) in [5.41, 5.74) is 0. The van der Waals surface area contributed by atoms with Crippen LogP contribution in [0.1, 0.15) is 13.3 Å². The van der Waals surface area contributed by atoms with Crippen molar-refractivity contribution in [3.63, 3.8) is 0 Å². The average Bonchev–Trinajstić information content (AvgIpc) is 2.08. The van der Waals surface area contributed by atoms with Crippen molar-refractivity contribution >= 4 is 11.8 Å². The molecule has 0 spiro atoms. The van der Waals surface area contributed by atoms with Crippen molar-refractivity contribution in [3.8, 4) is 0 Å². The highest BCUT2D eigenvalue weighted by atomic mass is 32.2. The minimum Gasteiger partial charge on any atom is -0.314 e. The first kappa shape index (κ1) is 14.1. The van der Waals surface area contributed by atoms with Gasteiger partial charge in [0.1, 0.15) is 0 Å². The van der Waals surface area contributed by atoms with Gasteiger partial charge >= 0.3 is 6.36 Å². The molecule has 0 aliphatic rings. The Balaban J connectivity index is 3.14. The molecule has 0 fully saturated rings. The van der Waals surface area contributed by atoms with Crippen molar-refractivity contribution in [2.45, 2.75) is 25.0 Å². The number of nitrogens with one attached hydrogen (secondary N) is 1. The van der Waals surface area contributed by atoms with Gasteiger partial charge in [-0.05, 0) is 19.2 Å². The molecule has 0 heterocycles. The van der Waals surface area contributed by atoms with E-state index in [1.165, 1.54) is 0 Å². The Kier molecular flexibility index (Phi) is 7.40. The van der Waals surface area contributed by atoms with Crippen LogP contribution < -0.4 is 5.32 Å². The molecule has 0 saturated heterocycles. The smallest absolute Gasteiger partial charge is 0.314 e. The molecule has 0 aromatic heterocycles.